The van der Waals surface area contributed by atoms with Crippen LogP contribution in [0.5, 0.6) is 0 Å². The van der Waals surface area contributed by atoms with Gasteiger partial charge in [0.1, 0.15) is 11.5 Å². The second-order valence-corrected chi connectivity index (χ2v) is 6.62. The van der Waals surface area contributed by atoms with Crippen LogP contribution in [0, 0.1) is 6.92 Å². The average molecular weight is 265 g/mol. The van der Waals surface area contributed by atoms with E-state index in [2.05, 4.69) is 32.2 Å². The quantitative estimate of drug-likeness (QED) is 0.875. The van der Waals surface area contributed by atoms with Crippen LogP contribution < -0.4 is 5.32 Å². The molecular weight excluding hydrogens is 238 g/mol. The van der Waals surface area contributed by atoms with Crippen LogP contribution >= 0.6 is 0 Å². The summed E-state index contributed by atoms with van der Waals surface area (Å²) in [7, 11) is 0. The van der Waals surface area contributed by atoms with E-state index in [9.17, 15) is 0 Å². The van der Waals surface area contributed by atoms with Crippen molar-refractivity contribution in [2.45, 2.75) is 78.2 Å². The minimum atomic E-state index is 0.112. The lowest BCUT2D eigenvalue weighted by atomic mass is 10.1. The summed E-state index contributed by atoms with van der Waals surface area (Å²) in [6.45, 7) is 9.96. The number of nitrogens with one attached hydrogen (secondary N) is 1. The van der Waals surface area contributed by atoms with Gasteiger partial charge in [-0.3, -0.25) is 0 Å². The second kappa shape index (κ2) is 6.10. The van der Waals surface area contributed by atoms with E-state index in [1.807, 2.05) is 6.92 Å². The van der Waals surface area contributed by atoms with Gasteiger partial charge in [0.05, 0.1) is 19.3 Å². The molecule has 0 unspecified atom stereocenters. The van der Waals surface area contributed by atoms with Crippen molar-refractivity contribution in [3.05, 3.63) is 23.2 Å². The Kier molecular flexibility index (Phi) is 4.69. The number of ether oxygens (including phenoxy) is 1. The van der Waals surface area contributed by atoms with Gasteiger partial charge in [-0.25, -0.2) is 0 Å². The van der Waals surface area contributed by atoms with E-state index in [1.54, 1.807) is 0 Å². The maximum absolute atomic E-state index is 5.95. The Morgan fingerprint density at radius 3 is 2.63 bits per heavy atom. The molecule has 2 rings (SSSR count). The molecule has 1 saturated carbocycles. The monoisotopic (exact) mass is 265 g/mol. The first-order valence-electron chi connectivity index (χ1n) is 7.39. The molecule has 1 aromatic heterocycles. The lowest BCUT2D eigenvalue weighted by Gasteiger charge is -2.19. The molecule has 0 radical (unpaired) electrons. The van der Waals surface area contributed by atoms with Crippen molar-refractivity contribution >= 4 is 0 Å². The molecule has 0 amide bonds. The number of hydrogen-bond donors (Lipinski definition) is 1. The first-order valence-corrected chi connectivity index (χ1v) is 7.39. The highest BCUT2D eigenvalue weighted by Crippen LogP contribution is 2.23. The van der Waals surface area contributed by atoms with Crippen molar-refractivity contribution in [2.75, 3.05) is 0 Å². The third-order valence-corrected chi connectivity index (χ3v) is 3.64. The summed E-state index contributed by atoms with van der Waals surface area (Å²) in [6, 6.07) is 2.13. The third kappa shape index (κ3) is 4.66. The largest absolute Gasteiger partial charge is 0.465 e. The van der Waals surface area contributed by atoms with Crippen molar-refractivity contribution in [1.29, 1.82) is 0 Å². The topological polar surface area (TPSA) is 34.4 Å². The fourth-order valence-corrected chi connectivity index (χ4v) is 2.43. The third-order valence-electron chi connectivity index (χ3n) is 3.64. The minimum Gasteiger partial charge on any atom is -0.465 e. The summed E-state index contributed by atoms with van der Waals surface area (Å²) in [6.07, 6.45) is 5.53. The predicted molar refractivity (Wildman–Crippen MR) is 77.1 cm³/mol. The molecule has 19 heavy (non-hydrogen) atoms. The molecule has 1 fully saturated rings. The highest BCUT2D eigenvalue weighted by atomic mass is 16.5. The van der Waals surface area contributed by atoms with E-state index in [1.165, 1.54) is 31.2 Å². The lowest BCUT2D eigenvalue weighted by molar-refractivity contribution is 0.0450. The minimum absolute atomic E-state index is 0.112. The molecule has 0 atom stereocenters. The smallest absolute Gasteiger partial charge is 0.118 e. The van der Waals surface area contributed by atoms with Crippen LogP contribution in [0.15, 0.2) is 10.5 Å². The Morgan fingerprint density at radius 1 is 1.32 bits per heavy atom. The van der Waals surface area contributed by atoms with Crippen molar-refractivity contribution < 1.29 is 9.15 Å². The van der Waals surface area contributed by atoms with E-state index >= 15 is 0 Å². The molecule has 0 aliphatic heterocycles. The predicted octanol–water partition coefficient (Wildman–Crippen LogP) is 3.94. The van der Waals surface area contributed by atoms with Gasteiger partial charge in [0, 0.05) is 11.1 Å². The van der Waals surface area contributed by atoms with Crippen LogP contribution in [-0.4, -0.2) is 11.6 Å². The standard InChI is InChI=1S/C16H27NO2/c1-12-13(11-18-14-7-5-6-8-14)9-15(19-12)10-17-16(2,3)4/h9,14,17H,5-8,10-11H2,1-4H3. The lowest BCUT2D eigenvalue weighted by Crippen LogP contribution is -2.34. The molecule has 3 nitrogen and oxygen atoms in total. The normalized spacial score (nSPS) is 17.3. The molecule has 1 aliphatic rings. The fourth-order valence-electron chi connectivity index (χ4n) is 2.43. The van der Waals surface area contributed by atoms with Crippen LogP contribution in [0.2, 0.25) is 0 Å². The van der Waals surface area contributed by atoms with E-state index in [0.717, 1.165) is 18.1 Å². The van der Waals surface area contributed by atoms with Gasteiger partial charge in [-0.15, -0.1) is 0 Å². The van der Waals surface area contributed by atoms with Crippen LogP contribution in [-0.2, 0) is 17.9 Å². The van der Waals surface area contributed by atoms with Gasteiger partial charge in [0.25, 0.3) is 0 Å². The van der Waals surface area contributed by atoms with Gasteiger partial charge in [0.2, 0.25) is 0 Å². The highest BCUT2D eigenvalue weighted by Gasteiger charge is 2.17. The molecule has 0 saturated heterocycles. The number of furan rings is 1. The van der Waals surface area contributed by atoms with Crippen molar-refractivity contribution in [1.82, 2.24) is 5.32 Å². The van der Waals surface area contributed by atoms with E-state index in [-0.39, 0.29) is 5.54 Å². The number of rotatable bonds is 5. The Labute approximate surface area is 116 Å². The first-order chi connectivity index (χ1) is 8.94. The molecule has 1 aromatic rings. The molecule has 1 aliphatic carbocycles. The summed E-state index contributed by atoms with van der Waals surface area (Å²) in [5.41, 5.74) is 1.30. The Bertz CT molecular complexity index is 397. The molecule has 0 bridgehead atoms. The molecule has 1 heterocycles. The number of hydrogen-bond acceptors (Lipinski definition) is 3. The number of aryl methyl sites for hydroxylation is 1. The maximum atomic E-state index is 5.95. The fraction of sp³-hybridized carbons (Fsp3) is 0.750. The van der Waals surface area contributed by atoms with Gasteiger partial charge in [0.15, 0.2) is 0 Å². The van der Waals surface area contributed by atoms with Gasteiger partial charge in [-0.1, -0.05) is 12.8 Å². The first kappa shape index (κ1) is 14.6. The second-order valence-electron chi connectivity index (χ2n) is 6.62. The maximum Gasteiger partial charge on any atom is 0.118 e. The zero-order valence-corrected chi connectivity index (χ0v) is 12.7. The van der Waals surface area contributed by atoms with Gasteiger partial charge >= 0.3 is 0 Å². The Morgan fingerprint density at radius 2 is 2.00 bits per heavy atom. The molecular formula is C16H27NO2. The zero-order valence-electron chi connectivity index (χ0n) is 12.7. The van der Waals surface area contributed by atoms with Crippen LogP contribution in [0.3, 0.4) is 0 Å². The molecule has 3 heteroatoms. The molecule has 108 valence electrons. The van der Waals surface area contributed by atoms with Crippen molar-refractivity contribution in [3.63, 3.8) is 0 Å². The van der Waals surface area contributed by atoms with Crippen LogP contribution in [0.25, 0.3) is 0 Å². The van der Waals surface area contributed by atoms with Crippen LogP contribution in [0.1, 0.15) is 63.5 Å². The Balaban J connectivity index is 1.85. The summed E-state index contributed by atoms with van der Waals surface area (Å²) >= 11 is 0. The van der Waals surface area contributed by atoms with E-state index < -0.39 is 0 Å². The molecule has 1 N–H and O–H groups in total. The summed E-state index contributed by atoms with van der Waals surface area (Å²) in [4.78, 5) is 0. The van der Waals surface area contributed by atoms with Crippen molar-refractivity contribution in [3.8, 4) is 0 Å². The van der Waals surface area contributed by atoms with E-state index in [0.29, 0.717) is 12.7 Å². The molecule has 0 spiro atoms. The van der Waals surface area contributed by atoms with Crippen molar-refractivity contribution in [2.24, 2.45) is 0 Å². The molecule has 0 aromatic carbocycles. The van der Waals surface area contributed by atoms with Gasteiger partial charge in [-0.2, -0.15) is 0 Å². The SMILES string of the molecule is Cc1oc(CNC(C)(C)C)cc1COC1CCCC1. The highest BCUT2D eigenvalue weighted by molar-refractivity contribution is 5.20. The van der Waals surface area contributed by atoms with Crippen LogP contribution in [0.4, 0.5) is 0 Å². The van der Waals surface area contributed by atoms with Gasteiger partial charge < -0.3 is 14.5 Å². The van der Waals surface area contributed by atoms with Gasteiger partial charge in [-0.05, 0) is 46.6 Å². The Hall–Kier alpha value is -0.800. The summed E-state index contributed by atoms with van der Waals surface area (Å²) in [5, 5.41) is 3.44. The zero-order chi connectivity index (χ0) is 13.9. The van der Waals surface area contributed by atoms with E-state index in [4.69, 9.17) is 9.15 Å². The average Bonchev–Trinajstić information content (AvgIpc) is 2.92. The summed E-state index contributed by atoms with van der Waals surface area (Å²) in [5.74, 6) is 1.99. The summed E-state index contributed by atoms with van der Waals surface area (Å²) < 4.78 is 11.7.